The molecule has 2 amide bonds. The van der Waals surface area contributed by atoms with Gasteiger partial charge in [0.2, 0.25) is 0 Å². The molecule has 1 aromatic rings. The van der Waals surface area contributed by atoms with Crippen LogP contribution in [-0.2, 0) is 9.53 Å². The summed E-state index contributed by atoms with van der Waals surface area (Å²) in [6.45, 7) is 1.69. The summed E-state index contributed by atoms with van der Waals surface area (Å²) in [6, 6.07) is 4.65. The summed E-state index contributed by atoms with van der Waals surface area (Å²) in [4.78, 5) is 24.3. The van der Waals surface area contributed by atoms with E-state index in [-0.39, 0.29) is 12.1 Å². The van der Waals surface area contributed by atoms with Crippen molar-refractivity contribution in [3.05, 3.63) is 39.5 Å². The maximum atomic E-state index is 12.3. The molecule has 1 aliphatic heterocycles. The van der Waals surface area contributed by atoms with Crippen molar-refractivity contribution in [1.29, 1.82) is 0 Å². The Morgan fingerprint density at radius 3 is 2.68 bits per heavy atom. The highest BCUT2D eigenvalue weighted by molar-refractivity contribution is 9.10. The van der Waals surface area contributed by atoms with Crippen molar-refractivity contribution < 1.29 is 19.1 Å². The summed E-state index contributed by atoms with van der Waals surface area (Å²) in [5.74, 6) is 0.193. The lowest BCUT2D eigenvalue weighted by atomic mass is 9.95. The smallest absolute Gasteiger partial charge is 0.337 e. The fourth-order valence-electron chi connectivity index (χ4n) is 3.35. The van der Waals surface area contributed by atoms with Crippen LogP contribution in [0.25, 0.3) is 0 Å². The van der Waals surface area contributed by atoms with E-state index in [1.807, 2.05) is 18.2 Å². The van der Waals surface area contributed by atoms with Crippen LogP contribution in [0, 0.1) is 0 Å². The van der Waals surface area contributed by atoms with Gasteiger partial charge in [-0.05, 0) is 50.8 Å². The zero-order valence-electron chi connectivity index (χ0n) is 14.2. The Morgan fingerprint density at radius 2 is 2.00 bits per heavy atom. The van der Waals surface area contributed by atoms with Crippen molar-refractivity contribution in [2.75, 3.05) is 7.11 Å². The number of amides is 2. The predicted molar refractivity (Wildman–Crippen MR) is 96.2 cm³/mol. The Bertz CT molecular complexity index is 726. The van der Waals surface area contributed by atoms with E-state index in [0.29, 0.717) is 17.0 Å². The van der Waals surface area contributed by atoms with Crippen LogP contribution in [0.4, 0.5) is 4.79 Å². The molecule has 0 bridgehead atoms. The third-order valence-corrected chi connectivity index (χ3v) is 5.05. The Balaban J connectivity index is 2.02. The Hall–Kier alpha value is -2.02. The van der Waals surface area contributed by atoms with Gasteiger partial charge in [0.1, 0.15) is 5.75 Å². The van der Waals surface area contributed by atoms with Crippen molar-refractivity contribution in [1.82, 2.24) is 10.6 Å². The maximum Gasteiger partial charge on any atom is 0.337 e. The fourth-order valence-corrected chi connectivity index (χ4v) is 3.72. The van der Waals surface area contributed by atoms with Crippen LogP contribution >= 0.6 is 15.9 Å². The molecule has 7 heteroatoms. The number of carbonyl (C=O) groups is 2. The van der Waals surface area contributed by atoms with Gasteiger partial charge in [0.25, 0.3) is 0 Å². The molecule has 0 radical (unpaired) electrons. The topological polar surface area (TPSA) is 76.7 Å². The number of urea groups is 1. The van der Waals surface area contributed by atoms with Crippen LogP contribution in [-0.4, -0.2) is 25.2 Å². The lowest BCUT2D eigenvalue weighted by molar-refractivity contribution is -0.136. The van der Waals surface area contributed by atoms with Crippen molar-refractivity contribution in [2.45, 2.75) is 44.8 Å². The molecule has 1 heterocycles. The molecule has 2 aliphatic rings. The number of methoxy groups -OCH3 is 1. The van der Waals surface area contributed by atoms with Crippen molar-refractivity contribution in [2.24, 2.45) is 0 Å². The van der Waals surface area contributed by atoms with Gasteiger partial charge < -0.3 is 20.1 Å². The first kappa shape index (κ1) is 17.8. The molecule has 1 aliphatic carbocycles. The highest BCUT2D eigenvalue weighted by Crippen LogP contribution is 2.37. The highest BCUT2D eigenvalue weighted by atomic mass is 79.9. The third-order valence-electron chi connectivity index (χ3n) is 4.55. The first-order valence-electron chi connectivity index (χ1n) is 8.32. The molecule has 1 saturated carbocycles. The minimum Gasteiger partial charge on any atom is -0.490 e. The van der Waals surface area contributed by atoms with Crippen molar-refractivity contribution in [3.63, 3.8) is 0 Å². The quantitative estimate of drug-likeness (QED) is 0.746. The van der Waals surface area contributed by atoms with Gasteiger partial charge in [-0.3, -0.25) is 0 Å². The minimum atomic E-state index is -0.630. The predicted octanol–water partition coefficient (Wildman–Crippen LogP) is 3.57. The van der Waals surface area contributed by atoms with E-state index in [4.69, 9.17) is 9.47 Å². The Kier molecular flexibility index (Phi) is 5.32. The molecule has 1 atom stereocenters. The van der Waals surface area contributed by atoms with E-state index in [1.165, 1.54) is 7.11 Å². The Labute approximate surface area is 155 Å². The van der Waals surface area contributed by atoms with Gasteiger partial charge in [-0.25, -0.2) is 9.59 Å². The van der Waals surface area contributed by atoms with Crippen LogP contribution in [0.5, 0.6) is 5.75 Å². The molecule has 1 fully saturated rings. The zero-order chi connectivity index (χ0) is 18.0. The van der Waals surface area contributed by atoms with E-state index >= 15 is 0 Å². The molecule has 134 valence electrons. The first-order chi connectivity index (χ1) is 12.0. The number of carbonyl (C=O) groups excluding carboxylic acids is 2. The van der Waals surface area contributed by atoms with E-state index in [2.05, 4.69) is 26.6 Å². The summed E-state index contributed by atoms with van der Waals surface area (Å²) in [5.41, 5.74) is 1.58. The van der Waals surface area contributed by atoms with Crippen LogP contribution in [0.2, 0.25) is 0 Å². The number of benzene rings is 1. The van der Waals surface area contributed by atoms with Gasteiger partial charge in [0.05, 0.1) is 24.8 Å². The molecule has 3 rings (SSSR count). The highest BCUT2D eigenvalue weighted by Gasteiger charge is 2.34. The number of hydrogen-bond acceptors (Lipinski definition) is 4. The fraction of sp³-hybridized carbons (Fsp3) is 0.444. The molecular weight excluding hydrogens is 388 g/mol. The number of ether oxygens (including phenoxy) is 2. The monoisotopic (exact) mass is 408 g/mol. The number of rotatable bonds is 4. The second-order valence-electron chi connectivity index (χ2n) is 6.27. The summed E-state index contributed by atoms with van der Waals surface area (Å²) >= 11 is 3.46. The van der Waals surface area contributed by atoms with Gasteiger partial charge in [0, 0.05) is 15.7 Å². The lowest BCUT2D eigenvalue weighted by Crippen LogP contribution is -2.45. The van der Waals surface area contributed by atoms with Crippen LogP contribution in [0.15, 0.2) is 33.9 Å². The van der Waals surface area contributed by atoms with Gasteiger partial charge >= 0.3 is 12.0 Å². The van der Waals surface area contributed by atoms with Gasteiger partial charge in [-0.2, -0.15) is 0 Å². The second kappa shape index (κ2) is 7.47. The number of esters is 1. The number of nitrogens with one attached hydrogen (secondary N) is 2. The number of allylic oxidation sites excluding steroid dienone is 1. The molecule has 0 unspecified atom stereocenters. The molecule has 25 heavy (non-hydrogen) atoms. The molecular formula is C18H21BrN2O4. The van der Waals surface area contributed by atoms with Gasteiger partial charge in [-0.15, -0.1) is 0 Å². The zero-order valence-corrected chi connectivity index (χ0v) is 15.8. The maximum absolute atomic E-state index is 12.3. The van der Waals surface area contributed by atoms with Crippen molar-refractivity contribution in [3.8, 4) is 5.75 Å². The molecule has 1 aromatic carbocycles. The van der Waals surface area contributed by atoms with E-state index in [0.717, 1.165) is 35.7 Å². The molecule has 0 saturated heterocycles. The standard InChI is InChI=1S/C18H21BrN2O4/c1-10-15(17(22)24-2)16(21-18(23)20-10)13-9-11(19)7-8-14(13)25-12-5-3-4-6-12/h7-9,12,16H,3-6H2,1-2H3,(H2,20,21,23)/t16-/m1/s1. The summed E-state index contributed by atoms with van der Waals surface area (Å²) in [5, 5.41) is 5.44. The molecule has 0 aromatic heterocycles. The number of hydrogen-bond donors (Lipinski definition) is 2. The molecule has 0 spiro atoms. The summed E-state index contributed by atoms with van der Waals surface area (Å²) < 4.78 is 11.9. The van der Waals surface area contributed by atoms with Crippen molar-refractivity contribution >= 4 is 27.9 Å². The largest absolute Gasteiger partial charge is 0.490 e. The molecule has 6 nitrogen and oxygen atoms in total. The Morgan fingerprint density at radius 1 is 1.28 bits per heavy atom. The first-order valence-corrected chi connectivity index (χ1v) is 9.11. The summed E-state index contributed by atoms with van der Waals surface area (Å²) in [7, 11) is 1.33. The lowest BCUT2D eigenvalue weighted by Gasteiger charge is -2.29. The van der Waals surface area contributed by atoms with Gasteiger partial charge in [-0.1, -0.05) is 15.9 Å². The SMILES string of the molecule is COC(=O)C1=C(C)NC(=O)N[C@@H]1c1cc(Br)ccc1OC1CCCC1. The average Bonchev–Trinajstić information content (AvgIpc) is 3.08. The number of halogens is 1. The molecule has 2 N–H and O–H groups in total. The third kappa shape index (κ3) is 3.81. The van der Waals surface area contributed by atoms with E-state index in [9.17, 15) is 9.59 Å². The minimum absolute atomic E-state index is 0.170. The average molecular weight is 409 g/mol. The second-order valence-corrected chi connectivity index (χ2v) is 7.18. The summed E-state index contributed by atoms with van der Waals surface area (Å²) in [6.07, 6.45) is 4.53. The van der Waals surface area contributed by atoms with Gasteiger partial charge in [0.15, 0.2) is 0 Å². The van der Waals surface area contributed by atoms with Crippen LogP contribution in [0.1, 0.15) is 44.2 Å². The van der Waals surface area contributed by atoms with Crippen LogP contribution in [0.3, 0.4) is 0 Å². The van der Waals surface area contributed by atoms with Crippen LogP contribution < -0.4 is 15.4 Å². The normalized spacial score (nSPS) is 20.9. The van der Waals surface area contributed by atoms with E-state index < -0.39 is 12.0 Å². The van der Waals surface area contributed by atoms with E-state index in [1.54, 1.807) is 6.92 Å².